The molecule has 134 valence electrons. The molecule has 2 amide bonds. The minimum atomic E-state index is -0.0114. The van der Waals surface area contributed by atoms with Gasteiger partial charge in [-0.25, -0.2) is 4.79 Å². The van der Waals surface area contributed by atoms with Gasteiger partial charge in [0.1, 0.15) is 5.76 Å². The van der Waals surface area contributed by atoms with Gasteiger partial charge in [0.25, 0.3) is 0 Å². The Morgan fingerprint density at radius 3 is 2.52 bits per heavy atom. The highest BCUT2D eigenvalue weighted by Crippen LogP contribution is 2.12. The third-order valence-electron chi connectivity index (χ3n) is 4.82. The molecule has 0 spiro atoms. The number of aryl methyl sites for hydroxylation is 2. The van der Waals surface area contributed by atoms with E-state index in [0.717, 1.165) is 56.2 Å². The lowest BCUT2D eigenvalue weighted by Gasteiger charge is -2.34. The van der Waals surface area contributed by atoms with Crippen LogP contribution in [-0.2, 0) is 13.0 Å². The minimum Gasteiger partial charge on any atom is -0.361 e. The summed E-state index contributed by atoms with van der Waals surface area (Å²) in [6.45, 7) is 8.64. The van der Waals surface area contributed by atoms with Crippen molar-refractivity contribution in [1.82, 2.24) is 20.3 Å². The smallest absolute Gasteiger partial charge is 0.317 e. The number of piperazine rings is 1. The zero-order valence-electron chi connectivity index (χ0n) is 15.0. The molecule has 25 heavy (non-hydrogen) atoms. The van der Waals surface area contributed by atoms with E-state index in [2.05, 4.69) is 39.6 Å². The average molecular weight is 342 g/mol. The van der Waals surface area contributed by atoms with Gasteiger partial charge < -0.3 is 14.7 Å². The summed E-state index contributed by atoms with van der Waals surface area (Å²) in [4.78, 5) is 16.7. The van der Waals surface area contributed by atoms with E-state index in [-0.39, 0.29) is 6.03 Å². The number of rotatable bonds is 5. The number of hydrogen-bond acceptors (Lipinski definition) is 4. The molecule has 1 N–H and O–H groups in total. The van der Waals surface area contributed by atoms with Crippen LogP contribution >= 0.6 is 0 Å². The largest absolute Gasteiger partial charge is 0.361 e. The van der Waals surface area contributed by atoms with E-state index in [4.69, 9.17) is 4.52 Å². The van der Waals surface area contributed by atoms with Crippen molar-refractivity contribution in [3.05, 3.63) is 52.9 Å². The first-order valence-electron chi connectivity index (χ1n) is 8.84. The average Bonchev–Trinajstić information content (AvgIpc) is 2.97. The number of nitrogens with zero attached hydrogens (tertiary/aromatic N) is 3. The SMILES string of the molecule is Cc1noc(C)c1CNC(=O)N1CCN(CCc2ccccc2)CC1. The van der Waals surface area contributed by atoms with Crippen LogP contribution in [0, 0.1) is 13.8 Å². The van der Waals surface area contributed by atoms with Gasteiger partial charge in [0.15, 0.2) is 0 Å². The van der Waals surface area contributed by atoms with E-state index in [1.165, 1.54) is 5.56 Å². The molecule has 0 bridgehead atoms. The van der Waals surface area contributed by atoms with Gasteiger partial charge in [-0.1, -0.05) is 35.5 Å². The van der Waals surface area contributed by atoms with Crippen molar-refractivity contribution in [3.8, 4) is 0 Å². The maximum absolute atomic E-state index is 12.3. The second kappa shape index (κ2) is 8.16. The fraction of sp³-hybridized carbons (Fsp3) is 0.474. The van der Waals surface area contributed by atoms with Gasteiger partial charge in [0, 0.05) is 44.8 Å². The summed E-state index contributed by atoms with van der Waals surface area (Å²) in [5, 5.41) is 6.89. The molecule has 1 aromatic heterocycles. The van der Waals surface area contributed by atoms with Crippen LogP contribution in [0.15, 0.2) is 34.9 Å². The monoisotopic (exact) mass is 342 g/mol. The summed E-state index contributed by atoms with van der Waals surface area (Å²) >= 11 is 0. The molecule has 0 unspecified atom stereocenters. The van der Waals surface area contributed by atoms with Crippen LogP contribution in [0.25, 0.3) is 0 Å². The van der Waals surface area contributed by atoms with Crippen molar-refractivity contribution >= 4 is 6.03 Å². The van der Waals surface area contributed by atoms with Crippen LogP contribution in [0.5, 0.6) is 0 Å². The van der Waals surface area contributed by atoms with Crippen LogP contribution in [0.1, 0.15) is 22.6 Å². The Bertz CT molecular complexity index is 671. The lowest BCUT2D eigenvalue weighted by molar-refractivity contribution is 0.140. The molecule has 0 saturated carbocycles. The number of aromatic nitrogens is 1. The fourth-order valence-electron chi connectivity index (χ4n) is 3.14. The molecule has 2 heterocycles. The van der Waals surface area contributed by atoms with Crippen molar-refractivity contribution in [2.24, 2.45) is 0 Å². The first-order chi connectivity index (χ1) is 12.1. The van der Waals surface area contributed by atoms with Crippen LogP contribution in [0.2, 0.25) is 0 Å². The van der Waals surface area contributed by atoms with E-state index in [0.29, 0.717) is 6.54 Å². The van der Waals surface area contributed by atoms with Crippen molar-refractivity contribution in [3.63, 3.8) is 0 Å². The van der Waals surface area contributed by atoms with Gasteiger partial charge in [0.2, 0.25) is 0 Å². The van der Waals surface area contributed by atoms with Crippen molar-refractivity contribution < 1.29 is 9.32 Å². The number of hydrogen-bond donors (Lipinski definition) is 1. The predicted octanol–water partition coefficient (Wildman–Crippen LogP) is 2.36. The second-order valence-electron chi connectivity index (χ2n) is 6.53. The van der Waals surface area contributed by atoms with E-state index in [9.17, 15) is 4.79 Å². The standard InChI is InChI=1S/C19H26N4O2/c1-15-18(16(2)25-21-15)14-20-19(24)23-12-10-22(11-13-23)9-8-17-6-4-3-5-7-17/h3-7H,8-14H2,1-2H3,(H,20,24). The molecule has 0 radical (unpaired) electrons. The molecule has 3 rings (SSSR count). The Morgan fingerprint density at radius 2 is 1.88 bits per heavy atom. The maximum atomic E-state index is 12.3. The molecule has 1 fully saturated rings. The van der Waals surface area contributed by atoms with Crippen LogP contribution in [-0.4, -0.2) is 53.7 Å². The van der Waals surface area contributed by atoms with Gasteiger partial charge in [-0.05, 0) is 25.8 Å². The molecular formula is C19H26N4O2. The van der Waals surface area contributed by atoms with Crippen molar-refractivity contribution in [2.45, 2.75) is 26.8 Å². The van der Waals surface area contributed by atoms with Crippen LogP contribution in [0.4, 0.5) is 4.79 Å². The number of benzene rings is 1. The molecule has 1 aliphatic heterocycles. The first kappa shape index (κ1) is 17.5. The van der Waals surface area contributed by atoms with Gasteiger partial charge in [0.05, 0.1) is 5.69 Å². The summed E-state index contributed by atoms with van der Waals surface area (Å²) in [6.07, 6.45) is 1.05. The predicted molar refractivity (Wildman–Crippen MR) is 96.4 cm³/mol. The van der Waals surface area contributed by atoms with Crippen LogP contribution < -0.4 is 5.32 Å². The molecule has 6 nitrogen and oxygen atoms in total. The maximum Gasteiger partial charge on any atom is 0.317 e. The Balaban J connectivity index is 1.40. The quantitative estimate of drug-likeness (QED) is 0.906. The van der Waals surface area contributed by atoms with Gasteiger partial charge in [-0.15, -0.1) is 0 Å². The summed E-state index contributed by atoms with van der Waals surface area (Å²) < 4.78 is 5.13. The summed E-state index contributed by atoms with van der Waals surface area (Å²) in [6, 6.07) is 10.5. The van der Waals surface area contributed by atoms with Crippen molar-refractivity contribution in [1.29, 1.82) is 0 Å². The number of carbonyl (C=O) groups excluding carboxylic acids is 1. The number of nitrogens with one attached hydrogen (secondary N) is 1. The molecule has 1 aliphatic rings. The fourth-order valence-corrected chi connectivity index (χ4v) is 3.14. The van der Waals surface area contributed by atoms with Gasteiger partial charge in [-0.3, -0.25) is 4.90 Å². The topological polar surface area (TPSA) is 61.6 Å². The van der Waals surface area contributed by atoms with Gasteiger partial charge >= 0.3 is 6.03 Å². The second-order valence-corrected chi connectivity index (χ2v) is 6.53. The normalized spacial score (nSPS) is 15.4. The Morgan fingerprint density at radius 1 is 1.16 bits per heavy atom. The highest BCUT2D eigenvalue weighted by Gasteiger charge is 2.21. The molecule has 0 aliphatic carbocycles. The third-order valence-corrected chi connectivity index (χ3v) is 4.82. The number of carbonyl (C=O) groups is 1. The van der Waals surface area contributed by atoms with Gasteiger partial charge in [-0.2, -0.15) is 0 Å². The van der Waals surface area contributed by atoms with E-state index < -0.39 is 0 Å². The molecule has 0 atom stereocenters. The van der Waals surface area contributed by atoms with Crippen molar-refractivity contribution in [2.75, 3.05) is 32.7 Å². The zero-order valence-corrected chi connectivity index (χ0v) is 15.0. The number of amides is 2. The first-order valence-corrected chi connectivity index (χ1v) is 8.84. The zero-order chi connectivity index (χ0) is 17.6. The van der Waals surface area contributed by atoms with E-state index >= 15 is 0 Å². The van der Waals surface area contributed by atoms with Crippen LogP contribution in [0.3, 0.4) is 0 Å². The Labute approximate surface area is 148 Å². The third kappa shape index (κ3) is 4.60. The lowest BCUT2D eigenvalue weighted by atomic mass is 10.1. The summed E-state index contributed by atoms with van der Waals surface area (Å²) in [5.74, 6) is 0.767. The summed E-state index contributed by atoms with van der Waals surface area (Å²) in [7, 11) is 0. The molecule has 2 aromatic rings. The Hall–Kier alpha value is -2.34. The van der Waals surface area contributed by atoms with E-state index in [1.54, 1.807) is 0 Å². The molecule has 1 saturated heterocycles. The summed E-state index contributed by atoms with van der Waals surface area (Å²) in [5.41, 5.74) is 3.17. The highest BCUT2D eigenvalue weighted by atomic mass is 16.5. The molecule has 1 aromatic carbocycles. The number of urea groups is 1. The molecular weight excluding hydrogens is 316 g/mol. The highest BCUT2D eigenvalue weighted by molar-refractivity contribution is 5.74. The van der Waals surface area contributed by atoms with E-state index in [1.807, 2.05) is 24.8 Å². The lowest BCUT2D eigenvalue weighted by Crippen LogP contribution is -2.51. The minimum absolute atomic E-state index is 0.0114. The Kier molecular flexibility index (Phi) is 5.71. The molecule has 6 heteroatoms.